The van der Waals surface area contributed by atoms with Gasteiger partial charge in [0, 0.05) is 12.1 Å². The van der Waals surface area contributed by atoms with Gasteiger partial charge in [-0.25, -0.2) is 0 Å². The monoisotopic (exact) mass is 285 g/mol. The third-order valence-corrected chi connectivity index (χ3v) is 3.72. The highest BCUT2D eigenvalue weighted by Gasteiger charge is 2.14. The minimum Gasteiger partial charge on any atom is -0.454 e. The molecule has 2 aromatic rings. The van der Waals surface area contributed by atoms with Crippen LogP contribution in [0.2, 0.25) is 0 Å². The second-order valence-corrected chi connectivity index (χ2v) is 5.09. The van der Waals surface area contributed by atoms with Crippen LogP contribution in [0.5, 0.6) is 11.5 Å². The predicted molar refractivity (Wildman–Crippen MR) is 82.3 cm³/mol. The van der Waals surface area contributed by atoms with E-state index in [1.807, 2.05) is 30.3 Å². The van der Waals surface area contributed by atoms with Crippen molar-refractivity contribution in [3.05, 3.63) is 59.2 Å². The summed E-state index contributed by atoms with van der Waals surface area (Å²) in [6, 6.07) is 14.0. The van der Waals surface area contributed by atoms with Crippen molar-refractivity contribution in [2.45, 2.75) is 13.5 Å². The van der Waals surface area contributed by atoms with Gasteiger partial charge in [-0.05, 0) is 36.2 Å². The molecule has 0 aromatic heterocycles. The summed E-state index contributed by atoms with van der Waals surface area (Å²) >= 11 is 5.43. The van der Waals surface area contributed by atoms with Gasteiger partial charge in [0.25, 0.3) is 0 Å². The Morgan fingerprint density at radius 1 is 1.15 bits per heavy atom. The molecule has 0 fully saturated rings. The Morgan fingerprint density at radius 3 is 2.80 bits per heavy atom. The first-order chi connectivity index (χ1) is 9.74. The number of benzene rings is 2. The molecule has 1 aliphatic heterocycles. The van der Waals surface area contributed by atoms with Gasteiger partial charge >= 0.3 is 0 Å². The minimum atomic E-state index is 0.280. The van der Waals surface area contributed by atoms with Gasteiger partial charge in [0.15, 0.2) is 11.5 Å². The lowest BCUT2D eigenvalue weighted by molar-refractivity contribution is 0.174. The van der Waals surface area contributed by atoms with Crippen LogP contribution in [0.15, 0.2) is 42.5 Å². The minimum absolute atomic E-state index is 0.280. The van der Waals surface area contributed by atoms with E-state index in [0.29, 0.717) is 4.99 Å². The number of hydrogen-bond donors (Lipinski definition) is 1. The normalized spacial score (nSPS) is 12.2. The highest BCUT2D eigenvalue weighted by atomic mass is 32.1. The van der Waals surface area contributed by atoms with E-state index in [-0.39, 0.29) is 6.79 Å². The fourth-order valence-electron chi connectivity index (χ4n) is 2.12. The third kappa shape index (κ3) is 2.60. The molecule has 1 N–H and O–H groups in total. The molecule has 0 amide bonds. The summed E-state index contributed by atoms with van der Waals surface area (Å²) in [7, 11) is 0. The summed E-state index contributed by atoms with van der Waals surface area (Å²) in [5.74, 6) is 1.53. The van der Waals surface area contributed by atoms with E-state index in [2.05, 4.69) is 24.4 Å². The largest absolute Gasteiger partial charge is 0.454 e. The average molecular weight is 285 g/mol. The highest BCUT2D eigenvalue weighted by molar-refractivity contribution is 7.80. The maximum atomic E-state index is 5.43. The van der Waals surface area contributed by atoms with Crippen LogP contribution in [0.3, 0.4) is 0 Å². The topological polar surface area (TPSA) is 30.5 Å². The maximum Gasteiger partial charge on any atom is 0.231 e. The number of thiocarbonyl (C=S) groups is 1. The summed E-state index contributed by atoms with van der Waals surface area (Å²) in [6.45, 7) is 3.10. The molecule has 1 aliphatic rings. The zero-order chi connectivity index (χ0) is 13.9. The smallest absolute Gasteiger partial charge is 0.231 e. The first-order valence-electron chi connectivity index (χ1n) is 6.46. The third-order valence-electron chi connectivity index (χ3n) is 3.34. The Balaban J connectivity index is 1.69. The molecule has 102 valence electrons. The molecule has 0 radical (unpaired) electrons. The lowest BCUT2D eigenvalue weighted by Crippen LogP contribution is -2.22. The Labute approximate surface area is 123 Å². The number of ether oxygens (including phenoxy) is 2. The second kappa shape index (κ2) is 5.51. The van der Waals surface area contributed by atoms with Crippen LogP contribution >= 0.6 is 12.2 Å². The molecule has 3 nitrogen and oxygen atoms in total. The lowest BCUT2D eigenvalue weighted by atomic mass is 10.1. The van der Waals surface area contributed by atoms with Crippen molar-refractivity contribution < 1.29 is 9.47 Å². The van der Waals surface area contributed by atoms with Crippen LogP contribution < -0.4 is 14.8 Å². The number of hydrogen-bond acceptors (Lipinski definition) is 3. The second-order valence-electron chi connectivity index (χ2n) is 4.68. The Hall–Kier alpha value is -2.07. The van der Waals surface area contributed by atoms with Gasteiger partial charge in [0.1, 0.15) is 4.99 Å². The van der Waals surface area contributed by atoms with Crippen LogP contribution in [0.25, 0.3) is 0 Å². The summed E-state index contributed by atoms with van der Waals surface area (Å²) in [6.07, 6.45) is 0. The van der Waals surface area contributed by atoms with Gasteiger partial charge in [-0.15, -0.1) is 0 Å². The van der Waals surface area contributed by atoms with E-state index in [1.54, 1.807) is 0 Å². The van der Waals surface area contributed by atoms with E-state index >= 15 is 0 Å². The number of aryl methyl sites for hydroxylation is 1. The van der Waals surface area contributed by atoms with Crippen molar-refractivity contribution in [2.24, 2.45) is 0 Å². The van der Waals surface area contributed by atoms with Gasteiger partial charge in [-0.2, -0.15) is 0 Å². The van der Waals surface area contributed by atoms with Gasteiger partial charge in [-0.1, -0.05) is 36.5 Å². The first kappa shape index (κ1) is 12.9. The van der Waals surface area contributed by atoms with Crippen LogP contribution in [0.1, 0.15) is 16.7 Å². The summed E-state index contributed by atoms with van der Waals surface area (Å²) in [4.78, 5) is 0.714. The Morgan fingerprint density at radius 2 is 1.95 bits per heavy atom. The van der Waals surface area contributed by atoms with Crippen molar-refractivity contribution in [1.82, 2.24) is 5.32 Å². The van der Waals surface area contributed by atoms with E-state index in [9.17, 15) is 0 Å². The quantitative estimate of drug-likeness (QED) is 0.877. The van der Waals surface area contributed by atoms with Crippen molar-refractivity contribution in [1.29, 1.82) is 0 Å². The SMILES string of the molecule is Cc1ccccc1CNC(=S)c1ccc2c(c1)OCO2. The van der Waals surface area contributed by atoms with Crippen LogP contribution in [0.4, 0.5) is 0 Å². The molecule has 0 atom stereocenters. The molecule has 4 heteroatoms. The molecule has 0 spiro atoms. The molecule has 20 heavy (non-hydrogen) atoms. The molecule has 0 bridgehead atoms. The molecule has 0 unspecified atom stereocenters. The molecule has 1 heterocycles. The van der Waals surface area contributed by atoms with Gasteiger partial charge in [-0.3, -0.25) is 0 Å². The first-order valence-corrected chi connectivity index (χ1v) is 6.87. The maximum absolute atomic E-state index is 5.43. The van der Waals surface area contributed by atoms with Crippen LogP contribution in [-0.4, -0.2) is 11.8 Å². The summed E-state index contributed by atoms with van der Waals surface area (Å²) < 4.78 is 10.7. The standard InChI is InChI=1S/C16H15NO2S/c1-11-4-2-3-5-13(11)9-17-16(20)12-6-7-14-15(8-12)19-10-18-14/h2-8H,9-10H2,1H3,(H,17,20). The Kier molecular flexibility index (Phi) is 3.56. The fraction of sp³-hybridized carbons (Fsp3) is 0.188. The van der Waals surface area contributed by atoms with Crippen molar-refractivity contribution in [3.8, 4) is 11.5 Å². The van der Waals surface area contributed by atoms with Crippen LogP contribution in [-0.2, 0) is 6.54 Å². The predicted octanol–water partition coefficient (Wildman–Crippen LogP) is 3.19. The molecule has 0 saturated carbocycles. The lowest BCUT2D eigenvalue weighted by Gasteiger charge is -2.10. The van der Waals surface area contributed by atoms with Gasteiger partial charge < -0.3 is 14.8 Å². The van der Waals surface area contributed by atoms with E-state index in [1.165, 1.54) is 11.1 Å². The van der Waals surface area contributed by atoms with Gasteiger partial charge in [0.05, 0.1) is 0 Å². The number of fused-ring (bicyclic) bond motifs is 1. The fourth-order valence-corrected chi connectivity index (χ4v) is 2.32. The highest BCUT2D eigenvalue weighted by Crippen LogP contribution is 2.32. The van der Waals surface area contributed by atoms with E-state index in [4.69, 9.17) is 21.7 Å². The molecule has 0 saturated heterocycles. The summed E-state index contributed by atoms with van der Waals surface area (Å²) in [5.41, 5.74) is 3.45. The number of nitrogens with one attached hydrogen (secondary N) is 1. The van der Waals surface area contributed by atoms with E-state index in [0.717, 1.165) is 23.6 Å². The molecular formula is C16H15NO2S. The van der Waals surface area contributed by atoms with Crippen molar-refractivity contribution in [2.75, 3.05) is 6.79 Å². The molecule has 3 rings (SSSR count). The Bertz CT molecular complexity index is 655. The zero-order valence-corrected chi connectivity index (χ0v) is 12.0. The summed E-state index contributed by atoms with van der Waals surface area (Å²) in [5, 5.41) is 3.28. The molecule has 2 aromatic carbocycles. The van der Waals surface area contributed by atoms with Crippen molar-refractivity contribution >= 4 is 17.2 Å². The zero-order valence-electron chi connectivity index (χ0n) is 11.2. The molecular weight excluding hydrogens is 270 g/mol. The number of rotatable bonds is 3. The average Bonchev–Trinajstić information content (AvgIpc) is 2.93. The van der Waals surface area contributed by atoms with Crippen molar-refractivity contribution in [3.63, 3.8) is 0 Å². The van der Waals surface area contributed by atoms with Crippen LogP contribution in [0, 0.1) is 6.92 Å². The molecule has 0 aliphatic carbocycles. The van der Waals surface area contributed by atoms with E-state index < -0.39 is 0 Å². The van der Waals surface area contributed by atoms with Gasteiger partial charge in [0.2, 0.25) is 6.79 Å².